The van der Waals surface area contributed by atoms with Crippen molar-refractivity contribution >= 4 is 11.9 Å². The van der Waals surface area contributed by atoms with Gasteiger partial charge >= 0.3 is 18.1 Å². The molecular formula is C22H29F3N2O3. The Labute approximate surface area is 175 Å². The second-order valence-corrected chi connectivity index (χ2v) is 8.99. The molecule has 0 aromatic heterocycles. The summed E-state index contributed by atoms with van der Waals surface area (Å²) < 4.78 is 41.3. The summed E-state index contributed by atoms with van der Waals surface area (Å²) in [6.45, 7) is 5.77. The number of piperidine rings is 1. The van der Waals surface area contributed by atoms with Crippen molar-refractivity contribution in [1.29, 1.82) is 0 Å². The number of fused-ring (bicyclic) bond motifs is 1. The Morgan fingerprint density at radius 2 is 1.93 bits per heavy atom. The lowest BCUT2D eigenvalue weighted by molar-refractivity contribution is -0.190. The van der Waals surface area contributed by atoms with E-state index in [2.05, 4.69) is 42.7 Å². The molecule has 2 aliphatic heterocycles. The average Bonchev–Trinajstić information content (AvgIpc) is 2.67. The largest absolute Gasteiger partial charge is 0.449 e. The van der Waals surface area contributed by atoms with Crippen LogP contribution in [0.5, 0.6) is 0 Å². The molecule has 0 N–H and O–H groups in total. The van der Waals surface area contributed by atoms with Crippen molar-refractivity contribution < 1.29 is 27.5 Å². The molecule has 0 saturated carbocycles. The van der Waals surface area contributed by atoms with Gasteiger partial charge in [0.1, 0.15) is 0 Å². The van der Waals surface area contributed by atoms with E-state index in [0.29, 0.717) is 13.0 Å². The zero-order valence-corrected chi connectivity index (χ0v) is 17.9. The van der Waals surface area contributed by atoms with E-state index in [1.165, 1.54) is 16.0 Å². The third-order valence-corrected chi connectivity index (χ3v) is 6.46. The fourth-order valence-electron chi connectivity index (χ4n) is 4.45. The normalized spacial score (nSPS) is 24.3. The molecule has 0 radical (unpaired) electrons. The molecule has 5 nitrogen and oxygen atoms in total. The molecule has 1 aromatic carbocycles. The van der Waals surface area contributed by atoms with Gasteiger partial charge in [-0.05, 0) is 62.8 Å². The summed E-state index contributed by atoms with van der Waals surface area (Å²) in [5.74, 6) is -2.30. The van der Waals surface area contributed by atoms with E-state index < -0.39 is 24.7 Å². The van der Waals surface area contributed by atoms with Crippen molar-refractivity contribution in [2.75, 3.05) is 26.7 Å². The molecular weight excluding hydrogens is 397 g/mol. The van der Waals surface area contributed by atoms with E-state index in [0.717, 1.165) is 24.9 Å². The number of hydrogen-bond donors (Lipinski definition) is 0. The van der Waals surface area contributed by atoms with Crippen molar-refractivity contribution in [1.82, 2.24) is 9.80 Å². The van der Waals surface area contributed by atoms with Crippen LogP contribution in [0.1, 0.15) is 56.3 Å². The zero-order valence-electron chi connectivity index (χ0n) is 17.9. The van der Waals surface area contributed by atoms with Gasteiger partial charge in [0.15, 0.2) is 6.61 Å². The van der Waals surface area contributed by atoms with Crippen LogP contribution >= 0.6 is 0 Å². The highest BCUT2D eigenvalue weighted by atomic mass is 19.4. The number of carbonyl (C=O) groups is 2. The van der Waals surface area contributed by atoms with Gasteiger partial charge in [-0.3, -0.25) is 9.69 Å². The van der Waals surface area contributed by atoms with Crippen molar-refractivity contribution in [2.24, 2.45) is 5.92 Å². The van der Waals surface area contributed by atoms with E-state index in [1.807, 2.05) is 13.0 Å². The van der Waals surface area contributed by atoms with Crippen molar-refractivity contribution in [3.05, 3.63) is 34.9 Å². The number of likely N-dealkylation sites (tertiary alicyclic amines) is 1. The highest BCUT2D eigenvalue weighted by molar-refractivity contribution is 6.32. The van der Waals surface area contributed by atoms with Gasteiger partial charge in [0.25, 0.3) is 0 Å². The van der Waals surface area contributed by atoms with E-state index in [1.54, 1.807) is 0 Å². The molecule has 8 heteroatoms. The number of likely N-dealkylation sites (N-methyl/N-ethyl adjacent to an activating group) is 1. The standard InChI is InChI=1S/C22H29F3N2O3/c1-14-5-8-18(27(12-14)19(28)20(29)30-13-22(23,24)25)16-6-7-17-15(11-16)9-10-26(4)21(17,2)3/h6-7,11,14,18H,5,8-10,12-13H2,1-4H3/t14-,18+/m0/s1. The highest BCUT2D eigenvalue weighted by Gasteiger charge is 2.38. The van der Waals surface area contributed by atoms with E-state index in [9.17, 15) is 22.8 Å². The Balaban J connectivity index is 1.85. The van der Waals surface area contributed by atoms with Crippen LogP contribution in [0.15, 0.2) is 18.2 Å². The minimum absolute atomic E-state index is 0.107. The Kier molecular flexibility index (Phi) is 6.18. The van der Waals surface area contributed by atoms with Crippen LogP contribution in [0, 0.1) is 5.92 Å². The number of hydrogen-bond acceptors (Lipinski definition) is 4. The lowest BCUT2D eigenvalue weighted by Crippen LogP contribution is -2.46. The topological polar surface area (TPSA) is 49.9 Å². The number of alkyl halides is 3. The second kappa shape index (κ2) is 8.21. The quantitative estimate of drug-likeness (QED) is 0.533. The predicted octanol–water partition coefficient (Wildman–Crippen LogP) is 3.81. The monoisotopic (exact) mass is 426 g/mol. The SMILES string of the molecule is C[C@H]1CC[C@H](c2ccc3c(c2)CCN(C)C3(C)C)N(C(=O)C(=O)OCC(F)(F)F)C1. The molecule has 1 fully saturated rings. The number of ether oxygens (including phenoxy) is 1. The summed E-state index contributed by atoms with van der Waals surface area (Å²) in [6.07, 6.45) is -2.25. The lowest BCUT2D eigenvalue weighted by atomic mass is 9.81. The minimum Gasteiger partial charge on any atom is -0.449 e. The van der Waals surface area contributed by atoms with Crippen LogP contribution in [0.25, 0.3) is 0 Å². The number of benzene rings is 1. The number of halogens is 3. The van der Waals surface area contributed by atoms with E-state index in [-0.39, 0.29) is 17.5 Å². The smallest absolute Gasteiger partial charge is 0.422 e. The molecule has 2 heterocycles. The molecule has 0 spiro atoms. The van der Waals surface area contributed by atoms with Gasteiger partial charge in [0.2, 0.25) is 0 Å². The lowest BCUT2D eigenvalue weighted by Gasteiger charge is -2.43. The third-order valence-electron chi connectivity index (χ3n) is 6.46. The third kappa shape index (κ3) is 4.63. The molecule has 0 bridgehead atoms. The van der Waals surface area contributed by atoms with Crippen molar-refractivity contribution in [3.8, 4) is 0 Å². The van der Waals surface area contributed by atoms with Crippen LogP contribution in [0.2, 0.25) is 0 Å². The second-order valence-electron chi connectivity index (χ2n) is 8.99. The number of carbonyl (C=O) groups excluding carboxylic acids is 2. The summed E-state index contributed by atoms with van der Waals surface area (Å²) in [6, 6.07) is 5.79. The molecule has 1 saturated heterocycles. The molecule has 2 aliphatic rings. The molecule has 1 amide bonds. The van der Waals surface area contributed by atoms with Crippen LogP contribution in [-0.2, 0) is 26.3 Å². The number of rotatable bonds is 2. The molecule has 1 aromatic rings. The maximum atomic E-state index is 12.7. The average molecular weight is 426 g/mol. The first-order valence-electron chi connectivity index (χ1n) is 10.3. The first kappa shape index (κ1) is 22.6. The maximum absolute atomic E-state index is 12.7. The Morgan fingerprint density at radius 3 is 2.60 bits per heavy atom. The first-order chi connectivity index (χ1) is 13.9. The molecule has 2 atom stereocenters. The number of nitrogens with zero attached hydrogens (tertiary/aromatic N) is 2. The van der Waals surface area contributed by atoms with Crippen LogP contribution in [-0.4, -0.2) is 54.6 Å². The van der Waals surface area contributed by atoms with E-state index in [4.69, 9.17) is 0 Å². The summed E-state index contributed by atoms with van der Waals surface area (Å²) >= 11 is 0. The number of amides is 1. The van der Waals surface area contributed by atoms with Gasteiger partial charge in [-0.25, -0.2) is 4.79 Å². The fourth-order valence-corrected chi connectivity index (χ4v) is 4.45. The first-order valence-corrected chi connectivity index (χ1v) is 10.3. The summed E-state index contributed by atoms with van der Waals surface area (Å²) in [4.78, 5) is 28.3. The summed E-state index contributed by atoms with van der Waals surface area (Å²) in [7, 11) is 2.09. The van der Waals surface area contributed by atoms with Gasteiger partial charge in [-0.15, -0.1) is 0 Å². The Hall–Kier alpha value is -2.09. The van der Waals surface area contributed by atoms with Crippen molar-refractivity contribution in [2.45, 2.75) is 57.8 Å². The Morgan fingerprint density at radius 1 is 1.23 bits per heavy atom. The van der Waals surface area contributed by atoms with E-state index >= 15 is 0 Å². The molecule has 3 rings (SSSR count). The fraction of sp³-hybridized carbons (Fsp3) is 0.636. The maximum Gasteiger partial charge on any atom is 0.422 e. The van der Waals surface area contributed by atoms with Crippen LogP contribution in [0.4, 0.5) is 13.2 Å². The number of esters is 1. The van der Waals surface area contributed by atoms with Gasteiger partial charge in [0, 0.05) is 18.6 Å². The van der Waals surface area contributed by atoms with Gasteiger partial charge in [-0.2, -0.15) is 13.2 Å². The van der Waals surface area contributed by atoms with Crippen LogP contribution < -0.4 is 0 Å². The van der Waals surface area contributed by atoms with Crippen LogP contribution in [0.3, 0.4) is 0 Å². The zero-order chi connectivity index (χ0) is 22.3. The molecule has 0 aliphatic carbocycles. The molecule has 30 heavy (non-hydrogen) atoms. The summed E-state index contributed by atoms with van der Waals surface area (Å²) in [5.41, 5.74) is 3.25. The van der Waals surface area contributed by atoms with Gasteiger partial charge in [0.05, 0.1) is 6.04 Å². The predicted molar refractivity (Wildman–Crippen MR) is 106 cm³/mol. The summed E-state index contributed by atoms with van der Waals surface area (Å²) in [5, 5.41) is 0. The molecule has 0 unspecified atom stereocenters. The van der Waals surface area contributed by atoms with Gasteiger partial charge < -0.3 is 9.64 Å². The van der Waals surface area contributed by atoms with Crippen molar-refractivity contribution in [3.63, 3.8) is 0 Å². The van der Waals surface area contributed by atoms with Gasteiger partial charge in [-0.1, -0.05) is 25.1 Å². The Bertz CT molecular complexity index is 822. The molecule has 166 valence electrons. The minimum atomic E-state index is -4.66. The highest BCUT2D eigenvalue weighted by Crippen LogP contribution is 2.38.